The van der Waals surface area contributed by atoms with Gasteiger partial charge in [-0.25, -0.2) is 9.97 Å². The van der Waals surface area contributed by atoms with Gasteiger partial charge in [0.15, 0.2) is 0 Å². The fourth-order valence-electron chi connectivity index (χ4n) is 2.81. The molecule has 2 aromatic heterocycles. The fourth-order valence-corrected chi connectivity index (χ4v) is 4.53. The Kier molecular flexibility index (Phi) is 3.93. The Labute approximate surface area is 122 Å². The van der Waals surface area contributed by atoms with Crippen LogP contribution in [0.25, 0.3) is 10.2 Å². The second kappa shape index (κ2) is 5.67. The van der Waals surface area contributed by atoms with Crippen LogP contribution in [0.2, 0.25) is 0 Å². The van der Waals surface area contributed by atoms with E-state index in [1.165, 1.54) is 36.8 Å². The van der Waals surface area contributed by atoms with Crippen molar-refractivity contribution in [3.05, 3.63) is 17.8 Å². The van der Waals surface area contributed by atoms with Crippen molar-refractivity contribution in [1.82, 2.24) is 9.97 Å². The van der Waals surface area contributed by atoms with Gasteiger partial charge in [0.1, 0.15) is 12.1 Å². The van der Waals surface area contributed by atoms with E-state index in [2.05, 4.69) is 33.0 Å². The molecule has 1 saturated carbocycles. The first-order chi connectivity index (χ1) is 9.33. The quantitative estimate of drug-likeness (QED) is 0.918. The van der Waals surface area contributed by atoms with Gasteiger partial charge >= 0.3 is 0 Å². The number of hydrogen-bond donors (Lipinski definition) is 1. The summed E-state index contributed by atoms with van der Waals surface area (Å²) in [6, 6.07) is 2.05. The number of anilines is 1. The highest BCUT2D eigenvalue weighted by atomic mass is 32.2. The number of thiophene rings is 1. The third-order valence-electron chi connectivity index (χ3n) is 4.02. The third-order valence-corrected chi connectivity index (χ3v) is 6.35. The molecule has 1 aliphatic rings. The molecule has 0 amide bonds. The zero-order valence-electron chi connectivity index (χ0n) is 11.2. The Balaban J connectivity index is 1.76. The van der Waals surface area contributed by atoms with Crippen molar-refractivity contribution in [2.45, 2.75) is 36.9 Å². The topological polar surface area (TPSA) is 37.8 Å². The summed E-state index contributed by atoms with van der Waals surface area (Å²) in [5.74, 6) is 0.999. The molecule has 102 valence electrons. The van der Waals surface area contributed by atoms with Crippen LogP contribution in [0.4, 0.5) is 5.82 Å². The summed E-state index contributed by atoms with van der Waals surface area (Å²) in [6.07, 6.45) is 10.7. The number of nitrogens with zero attached hydrogens (tertiary/aromatic N) is 2. The van der Waals surface area contributed by atoms with E-state index in [0.717, 1.165) is 17.9 Å². The second-order valence-electron chi connectivity index (χ2n) is 5.16. The maximum Gasteiger partial charge on any atom is 0.147 e. The Morgan fingerprint density at radius 1 is 1.32 bits per heavy atom. The van der Waals surface area contributed by atoms with Gasteiger partial charge in [-0.3, -0.25) is 0 Å². The maximum atomic E-state index is 4.41. The number of fused-ring (bicyclic) bond motifs is 1. The first kappa shape index (κ1) is 13.2. The summed E-state index contributed by atoms with van der Waals surface area (Å²) in [6.45, 7) is 1.01. The SMILES string of the molecule is CSC1(CNc2ncnc3ccsc23)CCCCC1. The minimum atomic E-state index is 0.396. The van der Waals surface area contributed by atoms with Gasteiger partial charge in [-0.2, -0.15) is 11.8 Å². The molecule has 0 atom stereocenters. The molecule has 0 unspecified atom stereocenters. The molecule has 1 aliphatic carbocycles. The minimum Gasteiger partial charge on any atom is -0.367 e. The van der Waals surface area contributed by atoms with Gasteiger partial charge in [-0.05, 0) is 30.5 Å². The van der Waals surface area contributed by atoms with Crippen LogP contribution in [0.5, 0.6) is 0 Å². The molecule has 0 bridgehead atoms. The summed E-state index contributed by atoms with van der Waals surface area (Å²) < 4.78 is 1.57. The Morgan fingerprint density at radius 2 is 2.16 bits per heavy atom. The molecule has 2 aromatic rings. The van der Waals surface area contributed by atoms with Crippen LogP contribution < -0.4 is 5.32 Å². The lowest BCUT2D eigenvalue weighted by Crippen LogP contribution is -2.35. The van der Waals surface area contributed by atoms with Crippen molar-refractivity contribution < 1.29 is 0 Å². The van der Waals surface area contributed by atoms with Crippen molar-refractivity contribution in [1.29, 1.82) is 0 Å². The van der Waals surface area contributed by atoms with Crippen LogP contribution in [-0.2, 0) is 0 Å². The molecule has 0 saturated heterocycles. The molecule has 0 aromatic carbocycles. The van der Waals surface area contributed by atoms with E-state index in [-0.39, 0.29) is 0 Å². The van der Waals surface area contributed by atoms with E-state index in [4.69, 9.17) is 0 Å². The van der Waals surface area contributed by atoms with Crippen LogP contribution >= 0.6 is 23.1 Å². The molecule has 3 rings (SSSR count). The van der Waals surface area contributed by atoms with E-state index in [1.807, 2.05) is 11.8 Å². The minimum absolute atomic E-state index is 0.396. The zero-order valence-corrected chi connectivity index (χ0v) is 12.8. The van der Waals surface area contributed by atoms with E-state index in [9.17, 15) is 0 Å². The lowest BCUT2D eigenvalue weighted by molar-refractivity contribution is 0.411. The van der Waals surface area contributed by atoms with Gasteiger partial charge < -0.3 is 5.32 Å². The Morgan fingerprint density at radius 3 is 2.95 bits per heavy atom. The highest BCUT2D eigenvalue weighted by molar-refractivity contribution is 8.00. The van der Waals surface area contributed by atoms with E-state index < -0.39 is 0 Å². The van der Waals surface area contributed by atoms with Gasteiger partial charge in [0, 0.05) is 11.3 Å². The molecule has 0 aliphatic heterocycles. The predicted octanol–water partition coefficient (Wildman–Crippen LogP) is 4.17. The van der Waals surface area contributed by atoms with Crippen molar-refractivity contribution in [2.75, 3.05) is 18.1 Å². The molecule has 1 fully saturated rings. The van der Waals surface area contributed by atoms with Gasteiger partial charge in [-0.15, -0.1) is 11.3 Å². The third kappa shape index (κ3) is 2.72. The van der Waals surface area contributed by atoms with E-state index in [1.54, 1.807) is 17.7 Å². The first-order valence-corrected chi connectivity index (χ1v) is 8.91. The van der Waals surface area contributed by atoms with Gasteiger partial charge in [0.05, 0.1) is 10.2 Å². The molecular formula is C14H19N3S2. The van der Waals surface area contributed by atoms with Crippen molar-refractivity contribution >= 4 is 39.1 Å². The summed E-state index contributed by atoms with van der Waals surface area (Å²) in [5, 5.41) is 5.65. The lowest BCUT2D eigenvalue weighted by atomic mass is 9.88. The number of rotatable bonds is 4. The van der Waals surface area contributed by atoms with Crippen LogP contribution in [0.1, 0.15) is 32.1 Å². The fraction of sp³-hybridized carbons (Fsp3) is 0.571. The van der Waals surface area contributed by atoms with Crippen molar-refractivity contribution in [3.8, 4) is 0 Å². The number of nitrogens with one attached hydrogen (secondary N) is 1. The maximum absolute atomic E-state index is 4.41. The summed E-state index contributed by atoms with van der Waals surface area (Å²) in [4.78, 5) is 8.70. The highest BCUT2D eigenvalue weighted by Gasteiger charge is 2.31. The van der Waals surface area contributed by atoms with Crippen LogP contribution in [0, 0.1) is 0 Å². The lowest BCUT2D eigenvalue weighted by Gasteiger charge is -2.36. The predicted molar refractivity (Wildman–Crippen MR) is 85.2 cm³/mol. The molecule has 5 heteroatoms. The average Bonchev–Trinajstić information content (AvgIpc) is 2.95. The standard InChI is InChI=1S/C14H19N3S2/c1-18-14(6-3-2-4-7-14)9-15-13-12-11(5-8-19-12)16-10-17-13/h5,8,10H,2-4,6-7,9H2,1H3,(H,15,16,17). The number of thioether (sulfide) groups is 1. The molecule has 19 heavy (non-hydrogen) atoms. The smallest absolute Gasteiger partial charge is 0.147 e. The Hall–Kier alpha value is -0.810. The zero-order chi connectivity index (χ0) is 13.1. The molecule has 1 N–H and O–H groups in total. The van der Waals surface area contributed by atoms with Crippen LogP contribution in [0.15, 0.2) is 17.8 Å². The average molecular weight is 293 g/mol. The highest BCUT2D eigenvalue weighted by Crippen LogP contribution is 2.39. The first-order valence-electron chi connectivity index (χ1n) is 6.80. The normalized spacial score (nSPS) is 18.6. The van der Waals surface area contributed by atoms with E-state index in [0.29, 0.717) is 4.75 Å². The molecular weight excluding hydrogens is 274 g/mol. The largest absolute Gasteiger partial charge is 0.367 e. The van der Waals surface area contributed by atoms with Crippen LogP contribution in [0.3, 0.4) is 0 Å². The Bertz CT molecular complexity index is 546. The summed E-state index contributed by atoms with van der Waals surface area (Å²) in [7, 11) is 0. The van der Waals surface area contributed by atoms with Crippen molar-refractivity contribution in [2.24, 2.45) is 0 Å². The van der Waals surface area contributed by atoms with Crippen molar-refractivity contribution in [3.63, 3.8) is 0 Å². The summed E-state index contributed by atoms with van der Waals surface area (Å²) in [5.41, 5.74) is 1.05. The number of hydrogen-bond acceptors (Lipinski definition) is 5. The van der Waals surface area contributed by atoms with Gasteiger partial charge in [0.2, 0.25) is 0 Å². The molecule has 2 heterocycles. The molecule has 0 radical (unpaired) electrons. The van der Waals surface area contributed by atoms with Crippen LogP contribution in [-0.4, -0.2) is 27.5 Å². The number of aromatic nitrogens is 2. The molecule has 0 spiro atoms. The van der Waals surface area contributed by atoms with E-state index >= 15 is 0 Å². The van der Waals surface area contributed by atoms with Gasteiger partial charge in [0.25, 0.3) is 0 Å². The summed E-state index contributed by atoms with van der Waals surface area (Å²) >= 11 is 3.73. The monoisotopic (exact) mass is 293 g/mol. The molecule has 3 nitrogen and oxygen atoms in total. The second-order valence-corrected chi connectivity index (χ2v) is 7.35. The van der Waals surface area contributed by atoms with Gasteiger partial charge in [-0.1, -0.05) is 19.3 Å².